The lowest BCUT2D eigenvalue weighted by Gasteiger charge is -2.33. The fraction of sp³-hybridized carbons (Fsp3) is 0.909. The lowest BCUT2D eigenvalue weighted by molar-refractivity contribution is -0.138. The van der Waals surface area contributed by atoms with E-state index in [1.807, 2.05) is 4.90 Å². The van der Waals surface area contributed by atoms with Gasteiger partial charge in [-0.25, -0.2) is 0 Å². The summed E-state index contributed by atoms with van der Waals surface area (Å²) in [6.45, 7) is 6.26. The SMILES string of the molecule is CCCCCC(C)C(=O)N1CCC1. The number of carbonyl (C=O) groups is 1. The molecule has 1 heterocycles. The predicted octanol–water partition coefficient (Wildman–Crippen LogP) is 2.44. The third kappa shape index (κ3) is 3.02. The average Bonchev–Trinajstić information content (AvgIpc) is 2.01. The van der Waals surface area contributed by atoms with Crippen LogP contribution in [0.2, 0.25) is 0 Å². The standard InChI is InChI=1S/C11H21NO/c1-3-4-5-7-10(2)11(13)12-8-6-9-12/h10H,3-9H2,1-2H3. The molecule has 0 aromatic carbocycles. The summed E-state index contributed by atoms with van der Waals surface area (Å²) in [6, 6.07) is 0. The van der Waals surface area contributed by atoms with Crippen LogP contribution in [0.3, 0.4) is 0 Å². The van der Waals surface area contributed by atoms with Gasteiger partial charge < -0.3 is 4.90 Å². The van der Waals surface area contributed by atoms with Crippen molar-refractivity contribution in [2.24, 2.45) is 5.92 Å². The van der Waals surface area contributed by atoms with E-state index in [9.17, 15) is 4.79 Å². The van der Waals surface area contributed by atoms with E-state index in [-0.39, 0.29) is 5.92 Å². The summed E-state index contributed by atoms with van der Waals surface area (Å²) in [5, 5.41) is 0. The summed E-state index contributed by atoms with van der Waals surface area (Å²) >= 11 is 0. The Labute approximate surface area is 81.3 Å². The van der Waals surface area contributed by atoms with E-state index in [0.717, 1.165) is 19.5 Å². The first kappa shape index (κ1) is 10.6. The van der Waals surface area contributed by atoms with E-state index < -0.39 is 0 Å². The van der Waals surface area contributed by atoms with Crippen molar-refractivity contribution in [3.05, 3.63) is 0 Å². The van der Waals surface area contributed by atoms with Crippen LogP contribution in [0, 0.1) is 5.92 Å². The molecule has 76 valence electrons. The van der Waals surface area contributed by atoms with E-state index >= 15 is 0 Å². The monoisotopic (exact) mass is 183 g/mol. The molecule has 0 radical (unpaired) electrons. The van der Waals surface area contributed by atoms with Gasteiger partial charge in [0.25, 0.3) is 0 Å². The highest BCUT2D eigenvalue weighted by Crippen LogP contribution is 2.16. The normalized spacial score (nSPS) is 18.2. The molecule has 1 amide bonds. The Morgan fingerprint density at radius 2 is 2.08 bits per heavy atom. The number of likely N-dealkylation sites (tertiary alicyclic amines) is 1. The van der Waals surface area contributed by atoms with E-state index in [0.29, 0.717) is 5.91 Å². The molecule has 1 aliphatic heterocycles. The molecule has 2 nitrogen and oxygen atoms in total. The number of unbranched alkanes of at least 4 members (excludes halogenated alkanes) is 2. The zero-order valence-electron chi connectivity index (χ0n) is 8.88. The molecule has 0 aromatic rings. The molecule has 1 fully saturated rings. The van der Waals surface area contributed by atoms with Gasteiger partial charge in [-0.05, 0) is 12.8 Å². The molecular formula is C11H21NO. The molecule has 1 rings (SSSR count). The third-order valence-electron chi connectivity index (χ3n) is 2.83. The van der Waals surface area contributed by atoms with Crippen LogP contribution in [0.25, 0.3) is 0 Å². The third-order valence-corrected chi connectivity index (χ3v) is 2.83. The highest BCUT2D eigenvalue weighted by Gasteiger charge is 2.24. The maximum atomic E-state index is 11.6. The van der Waals surface area contributed by atoms with Gasteiger partial charge >= 0.3 is 0 Å². The van der Waals surface area contributed by atoms with Crippen molar-refractivity contribution in [2.75, 3.05) is 13.1 Å². The van der Waals surface area contributed by atoms with Gasteiger partial charge in [0.15, 0.2) is 0 Å². The van der Waals surface area contributed by atoms with E-state index in [4.69, 9.17) is 0 Å². The van der Waals surface area contributed by atoms with Crippen molar-refractivity contribution in [1.82, 2.24) is 4.90 Å². The minimum absolute atomic E-state index is 0.256. The van der Waals surface area contributed by atoms with Crippen LogP contribution in [0.5, 0.6) is 0 Å². The van der Waals surface area contributed by atoms with Crippen molar-refractivity contribution in [1.29, 1.82) is 0 Å². The minimum atomic E-state index is 0.256. The summed E-state index contributed by atoms with van der Waals surface area (Å²) < 4.78 is 0. The Morgan fingerprint density at radius 1 is 1.38 bits per heavy atom. The van der Waals surface area contributed by atoms with Crippen molar-refractivity contribution in [2.45, 2.75) is 46.0 Å². The molecule has 0 saturated carbocycles. The highest BCUT2D eigenvalue weighted by atomic mass is 16.2. The van der Waals surface area contributed by atoms with Crippen LogP contribution < -0.4 is 0 Å². The molecule has 0 bridgehead atoms. The summed E-state index contributed by atoms with van der Waals surface area (Å²) in [6.07, 6.45) is 5.98. The predicted molar refractivity (Wildman–Crippen MR) is 54.5 cm³/mol. The zero-order chi connectivity index (χ0) is 9.68. The molecule has 1 unspecified atom stereocenters. The van der Waals surface area contributed by atoms with E-state index in [2.05, 4.69) is 13.8 Å². The summed E-state index contributed by atoms with van der Waals surface area (Å²) in [7, 11) is 0. The van der Waals surface area contributed by atoms with Gasteiger partial charge in [-0.1, -0.05) is 33.1 Å². The molecule has 0 aromatic heterocycles. The summed E-state index contributed by atoms with van der Waals surface area (Å²) in [5.41, 5.74) is 0. The lowest BCUT2D eigenvalue weighted by atomic mass is 10.0. The molecule has 1 atom stereocenters. The van der Waals surface area contributed by atoms with Crippen molar-refractivity contribution in [3.63, 3.8) is 0 Å². The van der Waals surface area contributed by atoms with E-state index in [1.165, 1.54) is 25.7 Å². The largest absolute Gasteiger partial charge is 0.342 e. The molecule has 0 aliphatic carbocycles. The van der Waals surface area contributed by atoms with Gasteiger partial charge in [-0.15, -0.1) is 0 Å². The number of nitrogens with zero attached hydrogens (tertiary/aromatic N) is 1. The number of carbonyl (C=O) groups excluding carboxylic acids is 1. The van der Waals surface area contributed by atoms with Crippen molar-refractivity contribution >= 4 is 5.91 Å². The first-order valence-corrected chi connectivity index (χ1v) is 5.54. The quantitative estimate of drug-likeness (QED) is 0.599. The van der Waals surface area contributed by atoms with Gasteiger partial charge in [0.1, 0.15) is 0 Å². The van der Waals surface area contributed by atoms with Gasteiger partial charge in [-0.3, -0.25) is 4.79 Å². The molecule has 1 aliphatic rings. The maximum absolute atomic E-state index is 11.6. The fourth-order valence-corrected chi connectivity index (χ4v) is 1.67. The fourth-order valence-electron chi connectivity index (χ4n) is 1.67. The molecule has 13 heavy (non-hydrogen) atoms. The Balaban J connectivity index is 2.13. The van der Waals surface area contributed by atoms with Gasteiger partial charge in [0, 0.05) is 19.0 Å². The van der Waals surface area contributed by atoms with Crippen LogP contribution in [0.15, 0.2) is 0 Å². The first-order valence-electron chi connectivity index (χ1n) is 5.54. The number of hydrogen-bond donors (Lipinski definition) is 0. The van der Waals surface area contributed by atoms with Gasteiger partial charge in [0.2, 0.25) is 5.91 Å². The Hall–Kier alpha value is -0.530. The van der Waals surface area contributed by atoms with Crippen molar-refractivity contribution < 1.29 is 4.79 Å². The van der Waals surface area contributed by atoms with Gasteiger partial charge in [0.05, 0.1) is 0 Å². The minimum Gasteiger partial charge on any atom is -0.342 e. The molecule has 0 N–H and O–H groups in total. The summed E-state index contributed by atoms with van der Waals surface area (Å²) in [5.74, 6) is 0.634. The Kier molecular flexibility index (Phi) is 4.26. The lowest BCUT2D eigenvalue weighted by Crippen LogP contribution is -2.44. The number of amides is 1. The first-order chi connectivity index (χ1) is 6.25. The average molecular weight is 183 g/mol. The highest BCUT2D eigenvalue weighted by molar-refractivity contribution is 5.79. The van der Waals surface area contributed by atoms with Crippen LogP contribution in [0.1, 0.15) is 46.0 Å². The smallest absolute Gasteiger partial charge is 0.225 e. The number of hydrogen-bond acceptors (Lipinski definition) is 1. The molecule has 0 spiro atoms. The summed E-state index contributed by atoms with van der Waals surface area (Å²) in [4.78, 5) is 13.6. The second kappa shape index (κ2) is 5.25. The molecule has 2 heteroatoms. The van der Waals surface area contributed by atoms with Crippen LogP contribution in [0.4, 0.5) is 0 Å². The van der Waals surface area contributed by atoms with Gasteiger partial charge in [-0.2, -0.15) is 0 Å². The van der Waals surface area contributed by atoms with Crippen LogP contribution in [-0.2, 0) is 4.79 Å². The maximum Gasteiger partial charge on any atom is 0.225 e. The van der Waals surface area contributed by atoms with E-state index in [1.54, 1.807) is 0 Å². The zero-order valence-corrected chi connectivity index (χ0v) is 8.88. The van der Waals surface area contributed by atoms with Crippen molar-refractivity contribution in [3.8, 4) is 0 Å². The number of rotatable bonds is 5. The Morgan fingerprint density at radius 3 is 2.54 bits per heavy atom. The molecule has 1 saturated heterocycles. The van der Waals surface area contributed by atoms with Crippen LogP contribution in [-0.4, -0.2) is 23.9 Å². The second-order valence-electron chi connectivity index (χ2n) is 4.08. The topological polar surface area (TPSA) is 20.3 Å². The second-order valence-corrected chi connectivity index (χ2v) is 4.08. The Bertz CT molecular complexity index is 163. The molecular weight excluding hydrogens is 162 g/mol. The van der Waals surface area contributed by atoms with Crippen LogP contribution >= 0.6 is 0 Å².